The molecule has 0 radical (unpaired) electrons. The summed E-state index contributed by atoms with van der Waals surface area (Å²) in [5.41, 5.74) is 3.73. The first-order valence-electron chi connectivity index (χ1n) is 6.25. The number of benzene rings is 2. The molecule has 1 atom stereocenters. The van der Waals surface area contributed by atoms with Gasteiger partial charge in [-0.1, -0.05) is 86.3 Å². The first kappa shape index (κ1) is 12.4. The predicted octanol–water partition coefficient (Wildman–Crippen LogP) is 5.15. The van der Waals surface area contributed by atoms with Gasteiger partial charge in [-0.05, 0) is 22.6 Å². The van der Waals surface area contributed by atoms with Crippen LogP contribution in [0.3, 0.4) is 0 Å². The van der Waals surface area contributed by atoms with Crippen LogP contribution in [0.15, 0.2) is 67.3 Å². The van der Waals surface area contributed by atoms with Crippen molar-refractivity contribution in [2.75, 3.05) is 0 Å². The average molecular weight is 234 g/mol. The maximum atomic E-state index is 3.77. The molecule has 0 saturated heterocycles. The summed E-state index contributed by atoms with van der Waals surface area (Å²) >= 11 is 0. The lowest BCUT2D eigenvalue weighted by atomic mass is 9.98. The molecule has 0 saturated carbocycles. The van der Waals surface area contributed by atoms with E-state index in [0.29, 0.717) is 5.92 Å². The summed E-state index contributed by atoms with van der Waals surface area (Å²) in [6.07, 6.45) is 6.28. The molecule has 0 heterocycles. The van der Waals surface area contributed by atoms with E-state index in [4.69, 9.17) is 0 Å². The lowest BCUT2D eigenvalue weighted by Crippen LogP contribution is -1.88. The molecule has 0 fully saturated rings. The first-order valence-corrected chi connectivity index (χ1v) is 6.25. The molecule has 1 unspecified atom stereocenters. The van der Waals surface area contributed by atoms with Gasteiger partial charge in [0.2, 0.25) is 0 Å². The summed E-state index contributed by atoms with van der Waals surface area (Å²) in [5.74, 6) is 0.420. The minimum atomic E-state index is 0.420. The molecule has 90 valence electrons. The molecule has 0 N–H and O–H groups in total. The predicted molar refractivity (Wildman–Crippen MR) is 80.4 cm³/mol. The maximum Gasteiger partial charge on any atom is -0.000710 e. The van der Waals surface area contributed by atoms with E-state index in [1.807, 2.05) is 12.1 Å². The van der Waals surface area contributed by atoms with Crippen molar-refractivity contribution < 1.29 is 0 Å². The molecule has 0 heteroatoms. The number of allylic oxidation sites excluding steroid dienone is 1. The Balaban J connectivity index is 2.09. The van der Waals surface area contributed by atoms with Crippen molar-refractivity contribution in [3.05, 3.63) is 83.9 Å². The van der Waals surface area contributed by atoms with Crippen molar-refractivity contribution in [3.63, 3.8) is 0 Å². The molecule has 0 aliphatic heterocycles. The second-order valence-corrected chi connectivity index (χ2v) is 4.43. The minimum Gasteiger partial charge on any atom is -0.0985 e. The Labute approximate surface area is 109 Å². The van der Waals surface area contributed by atoms with Gasteiger partial charge in [0, 0.05) is 0 Å². The van der Waals surface area contributed by atoms with Gasteiger partial charge >= 0.3 is 0 Å². The van der Waals surface area contributed by atoms with Crippen molar-refractivity contribution in [2.24, 2.45) is 0 Å². The van der Waals surface area contributed by atoms with Gasteiger partial charge in [-0.15, -0.1) is 0 Å². The minimum absolute atomic E-state index is 0.420. The molecule has 0 aliphatic rings. The van der Waals surface area contributed by atoms with Crippen molar-refractivity contribution in [1.29, 1.82) is 0 Å². The van der Waals surface area contributed by atoms with E-state index in [1.54, 1.807) is 0 Å². The van der Waals surface area contributed by atoms with Crippen LogP contribution >= 0.6 is 0 Å². The lowest BCUT2D eigenvalue weighted by molar-refractivity contribution is 0.973. The largest absolute Gasteiger partial charge is 0.0985 e. The SMILES string of the molecule is C=Cc1ccc(C(C)C=Cc2ccccc2)cc1. The van der Waals surface area contributed by atoms with Crippen LogP contribution in [0.1, 0.15) is 29.5 Å². The lowest BCUT2D eigenvalue weighted by Gasteiger charge is -2.07. The summed E-state index contributed by atoms with van der Waals surface area (Å²) in [5, 5.41) is 0. The molecule has 2 aromatic carbocycles. The van der Waals surface area contributed by atoms with E-state index in [-0.39, 0.29) is 0 Å². The van der Waals surface area contributed by atoms with Gasteiger partial charge < -0.3 is 0 Å². The highest BCUT2D eigenvalue weighted by Crippen LogP contribution is 2.19. The van der Waals surface area contributed by atoms with E-state index < -0.39 is 0 Å². The molecule has 0 aliphatic carbocycles. The van der Waals surface area contributed by atoms with Crippen LogP contribution in [-0.2, 0) is 0 Å². The topological polar surface area (TPSA) is 0 Å². The number of rotatable bonds is 4. The van der Waals surface area contributed by atoms with Gasteiger partial charge in [0.1, 0.15) is 0 Å². The van der Waals surface area contributed by atoms with E-state index >= 15 is 0 Å². The fourth-order valence-electron chi connectivity index (χ4n) is 1.87. The second kappa shape index (κ2) is 6.02. The fourth-order valence-corrected chi connectivity index (χ4v) is 1.87. The average Bonchev–Trinajstić information content (AvgIpc) is 2.46. The van der Waals surface area contributed by atoms with Gasteiger partial charge in [0.05, 0.1) is 0 Å². The van der Waals surface area contributed by atoms with Crippen LogP contribution in [0.4, 0.5) is 0 Å². The number of hydrogen-bond acceptors (Lipinski definition) is 0. The van der Waals surface area contributed by atoms with Gasteiger partial charge in [0.25, 0.3) is 0 Å². The van der Waals surface area contributed by atoms with Crippen LogP contribution in [-0.4, -0.2) is 0 Å². The van der Waals surface area contributed by atoms with E-state index in [2.05, 4.69) is 74.2 Å². The zero-order valence-electron chi connectivity index (χ0n) is 10.7. The Hall–Kier alpha value is -2.08. The molecule has 0 nitrogen and oxygen atoms in total. The highest BCUT2D eigenvalue weighted by molar-refractivity contribution is 5.51. The summed E-state index contributed by atoms with van der Waals surface area (Å²) < 4.78 is 0. The van der Waals surface area contributed by atoms with Crippen molar-refractivity contribution in [2.45, 2.75) is 12.8 Å². The van der Waals surface area contributed by atoms with Crippen LogP contribution < -0.4 is 0 Å². The fraction of sp³-hybridized carbons (Fsp3) is 0.111. The Morgan fingerprint density at radius 1 is 0.889 bits per heavy atom. The second-order valence-electron chi connectivity index (χ2n) is 4.43. The standard InChI is InChI=1S/C18H18/c1-3-16-11-13-18(14-12-16)15(2)9-10-17-7-5-4-6-8-17/h3-15H,1H2,2H3. The molecule has 2 rings (SSSR count). The third-order valence-corrected chi connectivity index (χ3v) is 3.07. The van der Waals surface area contributed by atoms with Crippen molar-refractivity contribution in [3.8, 4) is 0 Å². The van der Waals surface area contributed by atoms with E-state index in [0.717, 1.165) is 5.56 Å². The van der Waals surface area contributed by atoms with Gasteiger partial charge in [-0.25, -0.2) is 0 Å². The molecule has 0 spiro atoms. The molecule has 0 bridgehead atoms. The monoisotopic (exact) mass is 234 g/mol. The molecule has 2 aromatic rings. The summed E-state index contributed by atoms with van der Waals surface area (Å²) in [6, 6.07) is 18.9. The van der Waals surface area contributed by atoms with Gasteiger partial charge in [0.15, 0.2) is 0 Å². The third kappa shape index (κ3) is 3.21. The van der Waals surface area contributed by atoms with E-state index in [1.165, 1.54) is 11.1 Å². The van der Waals surface area contributed by atoms with Crippen molar-refractivity contribution >= 4 is 12.2 Å². The first-order chi connectivity index (χ1) is 8.79. The Kier molecular flexibility index (Phi) is 4.14. The molecular weight excluding hydrogens is 216 g/mol. The van der Waals surface area contributed by atoms with Gasteiger partial charge in [-0.3, -0.25) is 0 Å². The molecule has 18 heavy (non-hydrogen) atoms. The highest BCUT2D eigenvalue weighted by atomic mass is 14.0. The summed E-state index contributed by atoms with van der Waals surface area (Å²) in [4.78, 5) is 0. The van der Waals surface area contributed by atoms with Crippen LogP contribution in [0.2, 0.25) is 0 Å². The zero-order valence-corrected chi connectivity index (χ0v) is 10.7. The zero-order chi connectivity index (χ0) is 12.8. The molecule has 0 amide bonds. The smallest absolute Gasteiger partial charge is 0.000710 e. The maximum absolute atomic E-state index is 3.77. The Morgan fingerprint density at radius 2 is 1.56 bits per heavy atom. The van der Waals surface area contributed by atoms with Crippen LogP contribution in [0.25, 0.3) is 12.2 Å². The van der Waals surface area contributed by atoms with Crippen LogP contribution in [0, 0.1) is 0 Å². The Bertz CT molecular complexity index is 518. The van der Waals surface area contributed by atoms with Crippen molar-refractivity contribution in [1.82, 2.24) is 0 Å². The van der Waals surface area contributed by atoms with Crippen LogP contribution in [0.5, 0.6) is 0 Å². The summed E-state index contributed by atoms with van der Waals surface area (Å²) in [6.45, 7) is 5.98. The van der Waals surface area contributed by atoms with Gasteiger partial charge in [-0.2, -0.15) is 0 Å². The number of hydrogen-bond donors (Lipinski definition) is 0. The molecular formula is C18H18. The quantitative estimate of drug-likeness (QED) is 0.686. The van der Waals surface area contributed by atoms with E-state index in [9.17, 15) is 0 Å². The summed E-state index contributed by atoms with van der Waals surface area (Å²) in [7, 11) is 0. The Morgan fingerprint density at radius 3 is 2.17 bits per heavy atom. The normalized spacial score (nSPS) is 12.5. The third-order valence-electron chi connectivity index (χ3n) is 3.07. The highest BCUT2D eigenvalue weighted by Gasteiger charge is 2.00. The molecule has 0 aromatic heterocycles.